The van der Waals surface area contributed by atoms with Gasteiger partial charge in [-0.25, -0.2) is 0 Å². The van der Waals surface area contributed by atoms with Crippen molar-refractivity contribution in [2.45, 2.75) is 46.8 Å². The van der Waals surface area contributed by atoms with Gasteiger partial charge in [0.05, 0.1) is 0 Å². The summed E-state index contributed by atoms with van der Waals surface area (Å²) in [5.41, 5.74) is 3.50. The molecule has 0 spiro atoms. The molecule has 0 saturated carbocycles. The molecule has 0 atom stereocenters. The second-order valence-electron chi connectivity index (χ2n) is 7.71. The Bertz CT molecular complexity index is 563. The van der Waals surface area contributed by atoms with Crippen molar-refractivity contribution in [3.05, 3.63) is 71.8 Å². The maximum absolute atomic E-state index is 2.88. The van der Waals surface area contributed by atoms with Gasteiger partial charge in [0.2, 0.25) is 0 Å². The molecule has 0 nitrogen and oxygen atoms in total. The standard InChI is InChI=1S/2C10H13.2HI.Zr/c2*1-10(2,3)9-7-5-4-6-8-9;;;/h2*4-8H,1H2,2-3H3;2*1H;/q;;;;+2/p-2. The zero-order chi connectivity index (χ0) is 17.1. The van der Waals surface area contributed by atoms with Crippen LogP contribution in [-0.4, -0.2) is 0 Å². The molecule has 0 aliphatic carbocycles. The van der Waals surface area contributed by atoms with Crippen molar-refractivity contribution in [3.8, 4) is 0 Å². The third-order valence-electron chi connectivity index (χ3n) is 4.51. The number of hydrogen-bond acceptors (Lipinski definition) is 0. The second-order valence-corrected chi connectivity index (χ2v) is 50.3. The fourth-order valence-corrected chi connectivity index (χ4v) is 33.6. The van der Waals surface area contributed by atoms with Crippen LogP contribution in [-0.2, 0) is 22.7 Å². The van der Waals surface area contributed by atoms with Crippen LogP contribution in [0.3, 0.4) is 0 Å². The normalized spacial score (nSPS) is 13.1. The van der Waals surface area contributed by atoms with E-state index < -0.39 is 11.9 Å². The van der Waals surface area contributed by atoms with Crippen LogP contribution in [0, 0.1) is 0 Å². The summed E-state index contributed by atoms with van der Waals surface area (Å²) >= 11 is 3.53. The predicted molar refractivity (Wildman–Crippen MR) is 117 cm³/mol. The van der Waals surface area contributed by atoms with Gasteiger partial charge in [-0.15, -0.1) is 0 Å². The van der Waals surface area contributed by atoms with Crippen molar-refractivity contribution < 1.29 is 11.9 Å². The van der Waals surface area contributed by atoms with Crippen molar-refractivity contribution in [1.29, 1.82) is 0 Å². The minimum atomic E-state index is -2.23. The molecule has 124 valence electrons. The van der Waals surface area contributed by atoms with Crippen LogP contribution >= 0.6 is 36.1 Å². The first-order chi connectivity index (χ1) is 10.6. The molecule has 0 saturated heterocycles. The van der Waals surface area contributed by atoms with Gasteiger partial charge in [0.25, 0.3) is 0 Å². The third kappa shape index (κ3) is 5.92. The van der Waals surface area contributed by atoms with Crippen LogP contribution in [0.15, 0.2) is 60.7 Å². The molecule has 0 N–H and O–H groups in total. The molecule has 0 fully saturated rings. The molecule has 2 rings (SSSR count). The molecule has 2 aromatic rings. The van der Waals surface area contributed by atoms with Gasteiger partial charge in [0.15, 0.2) is 0 Å². The summed E-state index contributed by atoms with van der Waals surface area (Å²) < 4.78 is 2.73. The Kier molecular flexibility index (Phi) is 6.98. The molecule has 0 aromatic heterocycles. The maximum atomic E-state index is 2.88. The van der Waals surface area contributed by atoms with Gasteiger partial charge in [-0.1, -0.05) is 0 Å². The number of hydrogen-bond donors (Lipinski definition) is 0. The SMILES string of the molecule is CC(C)([CH2][Zr]([I])([I])[CH2]C(C)(C)c1ccccc1)c1ccccc1. The van der Waals surface area contributed by atoms with Crippen LogP contribution in [0.4, 0.5) is 0 Å². The Morgan fingerprint density at radius 1 is 0.652 bits per heavy atom. The summed E-state index contributed by atoms with van der Waals surface area (Å²) in [6, 6.07) is 22.1. The molecule has 0 aliphatic heterocycles. The average molecular weight is 611 g/mol. The van der Waals surface area contributed by atoms with Gasteiger partial charge in [0, 0.05) is 0 Å². The molecule has 2 aromatic carbocycles. The van der Waals surface area contributed by atoms with Crippen molar-refractivity contribution >= 4 is 36.1 Å². The van der Waals surface area contributed by atoms with Gasteiger partial charge >= 0.3 is 167 Å². The van der Waals surface area contributed by atoms with Gasteiger partial charge < -0.3 is 0 Å². The molecular weight excluding hydrogens is 585 g/mol. The van der Waals surface area contributed by atoms with E-state index in [1.165, 1.54) is 19.4 Å². The zero-order valence-electron chi connectivity index (χ0n) is 14.4. The Labute approximate surface area is 164 Å². The first-order valence-electron chi connectivity index (χ1n) is 8.11. The van der Waals surface area contributed by atoms with Crippen molar-refractivity contribution in [2.75, 3.05) is 0 Å². The van der Waals surface area contributed by atoms with E-state index in [4.69, 9.17) is 0 Å². The molecule has 0 aliphatic rings. The Morgan fingerprint density at radius 2 is 0.957 bits per heavy atom. The average Bonchev–Trinajstić information content (AvgIpc) is 2.47. The molecule has 0 heterocycles. The number of rotatable bonds is 6. The van der Waals surface area contributed by atoms with Crippen molar-refractivity contribution in [3.63, 3.8) is 0 Å². The van der Waals surface area contributed by atoms with Gasteiger partial charge in [0.1, 0.15) is 0 Å². The Hall–Kier alpha value is 0.783. The van der Waals surface area contributed by atoms with Gasteiger partial charge in [-0.05, 0) is 0 Å². The molecule has 3 heteroatoms. The number of benzene rings is 2. The second kappa shape index (κ2) is 7.99. The van der Waals surface area contributed by atoms with Crippen molar-refractivity contribution in [2.24, 2.45) is 0 Å². The van der Waals surface area contributed by atoms with E-state index >= 15 is 0 Å². The summed E-state index contributed by atoms with van der Waals surface area (Å²) in [5, 5.41) is 0. The molecule has 0 bridgehead atoms. The van der Waals surface area contributed by atoms with Crippen LogP contribution in [0.5, 0.6) is 0 Å². The molecular formula is C20H26I2Zr. The molecule has 0 unspecified atom stereocenters. The summed E-state index contributed by atoms with van der Waals surface area (Å²) in [4.78, 5) is 0. The first kappa shape index (κ1) is 20.1. The monoisotopic (exact) mass is 610 g/mol. The van der Waals surface area contributed by atoms with E-state index in [1.807, 2.05) is 0 Å². The topological polar surface area (TPSA) is 0 Å². The minimum absolute atomic E-state index is 0.270. The molecule has 0 radical (unpaired) electrons. The summed E-state index contributed by atoms with van der Waals surface area (Å²) in [6.07, 6.45) is 0. The van der Waals surface area contributed by atoms with E-state index in [0.717, 1.165) is 0 Å². The summed E-state index contributed by atoms with van der Waals surface area (Å²) in [6.45, 7) is 9.67. The molecule has 23 heavy (non-hydrogen) atoms. The van der Waals surface area contributed by atoms with Crippen LogP contribution in [0.25, 0.3) is 0 Å². The van der Waals surface area contributed by atoms with Crippen LogP contribution in [0.2, 0.25) is 8.26 Å². The summed E-state index contributed by atoms with van der Waals surface area (Å²) in [7, 11) is 0. The fourth-order valence-electron chi connectivity index (χ4n) is 3.34. The van der Waals surface area contributed by atoms with Crippen LogP contribution < -0.4 is 0 Å². The quantitative estimate of drug-likeness (QED) is 0.295. The third-order valence-corrected chi connectivity index (χ3v) is 20.4. The zero-order valence-corrected chi connectivity index (χ0v) is 21.2. The Morgan fingerprint density at radius 3 is 1.26 bits per heavy atom. The summed E-state index contributed by atoms with van der Waals surface area (Å²) in [5.74, 6) is 0. The van der Waals surface area contributed by atoms with E-state index in [2.05, 4.69) is 124 Å². The van der Waals surface area contributed by atoms with E-state index in [-0.39, 0.29) is 10.8 Å². The number of halogens is 2. The van der Waals surface area contributed by atoms with Gasteiger partial charge in [-0.3, -0.25) is 0 Å². The predicted octanol–water partition coefficient (Wildman–Crippen LogP) is 7.63. The molecule has 0 amide bonds. The fraction of sp³-hybridized carbons (Fsp3) is 0.400. The van der Waals surface area contributed by atoms with E-state index in [1.54, 1.807) is 0 Å². The van der Waals surface area contributed by atoms with Gasteiger partial charge in [-0.2, -0.15) is 0 Å². The first-order valence-corrected chi connectivity index (χ1v) is 26.2. The van der Waals surface area contributed by atoms with Crippen molar-refractivity contribution in [1.82, 2.24) is 0 Å². The van der Waals surface area contributed by atoms with E-state index in [0.29, 0.717) is 0 Å². The Balaban J connectivity index is 2.16. The van der Waals surface area contributed by atoms with E-state index in [9.17, 15) is 0 Å². The van der Waals surface area contributed by atoms with Crippen LogP contribution in [0.1, 0.15) is 38.8 Å².